The van der Waals surface area contributed by atoms with E-state index >= 15 is 0 Å². The van der Waals surface area contributed by atoms with Gasteiger partial charge in [-0.1, -0.05) is 11.6 Å². The predicted molar refractivity (Wildman–Crippen MR) is 88.7 cm³/mol. The third-order valence-corrected chi connectivity index (χ3v) is 7.23. The van der Waals surface area contributed by atoms with Crippen molar-refractivity contribution < 1.29 is 8.42 Å². The average molecular weight is 354 g/mol. The molecule has 0 aromatic heterocycles. The predicted octanol–water partition coefficient (Wildman–Crippen LogP) is 2.36. The Hall–Kier alpha value is -1.13. The fourth-order valence-corrected chi connectivity index (χ4v) is 5.54. The van der Waals surface area contributed by atoms with Gasteiger partial charge in [0.2, 0.25) is 10.0 Å². The second-order valence-corrected chi connectivity index (χ2v) is 8.51. The molecule has 0 bridgehead atoms. The van der Waals surface area contributed by atoms with E-state index < -0.39 is 10.0 Å². The third kappa shape index (κ3) is 3.38. The Labute approximate surface area is 142 Å². The lowest BCUT2D eigenvalue weighted by molar-refractivity contribution is 0.234. The van der Waals surface area contributed by atoms with Gasteiger partial charge >= 0.3 is 0 Å². The molecule has 1 N–H and O–H groups in total. The van der Waals surface area contributed by atoms with Crippen LogP contribution in [0.25, 0.3) is 0 Å². The summed E-state index contributed by atoms with van der Waals surface area (Å²) in [6.45, 7) is 2.13. The summed E-state index contributed by atoms with van der Waals surface area (Å²) in [5, 5.41) is 12.5. The highest BCUT2D eigenvalue weighted by Crippen LogP contribution is 2.31. The van der Waals surface area contributed by atoms with E-state index in [1.165, 1.54) is 35.3 Å². The Balaban J connectivity index is 1.73. The van der Waals surface area contributed by atoms with Crippen LogP contribution in [0.1, 0.15) is 31.2 Å². The zero-order chi connectivity index (χ0) is 16.4. The van der Waals surface area contributed by atoms with Gasteiger partial charge in [-0.05, 0) is 56.3 Å². The second kappa shape index (κ2) is 6.78. The van der Waals surface area contributed by atoms with Crippen LogP contribution in [0.2, 0.25) is 5.02 Å². The van der Waals surface area contributed by atoms with Gasteiger partial charge in [-0.2, -0.15) is 9.57 Å². The van der Waals surface area contributed by atoms with Gasteiger partial charge in [0.05, 0.1) is 16.7 Å². The zero-order valence-electron chi connectivity index (χ0n) is 12.8. The van der Waals surface area contributed by atoms with E-state index in [4.69, 9.17) is 16.9 Å². The SMILES string of the molecule is N#Cc1ccc(S(=O)(=O)N2CCC(C3CCCN3)CC2)c(Cl)c1. The lowest BCUT2D eigenvalue weighted by atomic mass is 9.89. The summed E-state index contributed by atoms with van der Waals surface area (Å²) in [5.41, 5.74) is 0.361. The van der Waals surface area contributed by atoms with Gasteiger partial charge in [-0.25, -0.2) is 8.42 Å². The number of hydrogen-bond donors (Lipinski definition) is 1. The van der Waals surface area contributed by atoms with E-state index in [9.17, 15) is 8.42 Å². The fourth-order valence-electron chi connectivity index (χ4n) is 3.55. The van der Waals surface area contributed by atoms with E-state index in [0.717, 1.165) is 19.4 Å². The van der Waals surface area contributed by atoms with Crippen LogP contribution >= 0.6 is 11.6 Å². The second-order valence-electron chi connectivity index (χ2n) is 6.20. The monoisotopic (exact) mass is 353 g/mol. The molecule has 0 radical (unpaired) electrons. The highest BCUT2D eigenvalue weighted by atomic mass is 35.5. The normalized spacial score (nSPS) is 23.7. The van der Waals surface area contributed by atoms with Crippen molar-refractivity contribution in [1.29, 1.82) is 5.26 Å². The first kappa shape index (κ1) is 16.7. The van der Waals surface area contributed by atoms with Crippen LogP contribution in [-0.2, 0) is 10.0 Å². The summed E-state index contributed by atoms with van der Waals surface area (Å²) >= 11 is 6.08. The molecule has 0 amide bonds. The lowest BCUT2D eigenvalue weighted by Crippen LogP contribution is -2.43. The molecule has 2 aliphatic heterocycles. The van der Waals surface area contributed by atoms with Crippen molar-refractivity contribution in [3.8, 4) is 6.07 Å². The molecule has 23 heavy (non-hydrogen) atoms. The molecular weight excluding hydrogens is 334 g/mol. The van der Waals surface area contributed by atoms with Gasteiger partial charge in [0.1, 0.15) is 4.90 Å². The number of benzene rings is 1. The van der Waals surface area contributed by atoms with Crippen LogP contribution in [0.4, 0.5) is 0 Å². The van der Waals surface area contributed by atoms with Crippen LogP contribution in [0.3, 0.4) is 0 Å². The van der Waals surface area contributed by atoms with Crippen LogP contribution in [0.5, 0.6) is 0 Å². The molecule has 7 heteroatoms. The quantitative estimate of drug-likeness (QED) is 0.905. The zero-order valence-corrected chi connectivity index (χ0v) is 14.4. The Morgan fingerprint density at radius 3 is 2.57 bits per heavy atom. The van der Waals surface area contributed by atoms with Crippen LogP contribution < -0.4 is 5.32 Å². The number of halogens is 1. The van der Waals surface area contributed by atoms with Crippen LogP contribution in [0, 0.1) is 17.2 Å². The number of rotatable bonds is 3. The minimum absolute atomic E-state index is 0.0932. The Morgan fingerprint density at radius 2 is 2.00 bits per heavy atom. The molecule has 1 aromatic carbocycles. The van der Waals surface area contributed by atoms with E-state index in [-0.39, 0.29) is 9.92 Å². The van der Waals surface area contributed by atoms with Crippen LogP contribution in [-0.4, -0.2) is 38.4 Å². The van der Waals surface area contributed by atoms with E-state index in [2.05, 4.69) is 5.32 Å². The highest BCUT2D eigenvalue weighted by Gasteiger charge is 2.34. The molecule has 0 spiro atoms. The number of nitriles is 1. The summed E-state index contributed by atoms with van der Waals surface area (Å²) in [6.07, 6.45) is 4.17. The van der Waals surface area contributed by atoms with E-state index in [1.807, 2.05) is 6.07 Å². The molecule has 0 saturated carbocycles. The summed E-state index contributed by atoms with van der Waals surface area (Å²) in [7, 11) is -3.59. The maximum atomic E-state index is 12.8. The van der Waals surface area contributed by atoms with Crippen molar-refractivity contribution in [2.24, 2.45) is 5.92 Å². The molecule has 1 atom stereocenters. The van der Waals surface area contributed by atoms with Crippen molar-refractivity contribution in [3.63, 3.8) is 0 Å². The molecular formula is C16H20ClN3O2S. The fraction of sp³-hybridized carbons (Fsp3) is 0.562. The van der Waals surface area contributed by atoms with Gasteiger partial charge in [0, 0.05) is 19.1 Å². The molecule has 2 heterocycles. The first-order valence-corrected chi connectivity index (χ1v) is 9.77. The molecule has 2 saturated heterocycles. The van der Waals surface area contributed by atoms with Crippen LogP contribution in [0.15, 0.2) is 23.1 Å². The number of hydrogen-bond acceptors (Lipinski definition) is 4. The first-order chi connectivity index (χ1) is 11.0. The maximum absolute atomic E-state index is 12.8. The average Bonchev–Trinajstić information content (AvgIpc) is 3.09. The summed E-state index contributed by atoms with van der Waals surface area (Å²) < 4.78 is 27.1. The third-order valence-electron chi connectivity index (χ3n) is 4.84. The molecule has 1 aromatic rings. The molecule has 2 aliphatic rings. The Kier molecular flexibility index (Phi) is 4.93. The van der Waals surface area contributed by atoms with Gasteiger partial charge in [0.25, 0.3) is 0 Å². The van der Waals surface area contributed by atoms with E-state index in [0.29, 0.717) is 30.6 Å². The molecule has 2 fully saturated rings. The summed E-state index contributed by atoms with van der Waals surface area (Å²) in [6, 6.07) is 6.84. The molecule has 1 unspecified atom stereocenters. The summed E-state index contributed by atoms with van der Waals surface area (Å²) in [4.78, 5) is 0.0932. The summed E-state index contributed by atoms with van der Waals surface area (Å²) in [5.74, 6) is 0.556. The van der Waals surface area contributed by atoms with Crippen molar-refractivity contribution in [1.82, 2.24) is 9.62 Å². The number of sulfonamides is 1. The number of nitrogens with zero attached hydrogens (tertiary/aromatic N) is 2. The lowest BCUT2D eigenvalue weighted by Gasteiger charge is -2.34. The topological polar surface area (TPSA) is 73.2 Å². The number of piperidine rings is 1. The first-order valence-electron chi connectivity index (χ1n) is 7.95. The smallest absolute Gasteiger partial charge is 0.244 e. The van der Waals surface area contributed by atoms with Gasteiger partial charge in [-0.15, -0.1) is 0 Å². The maximum Gasteiger partial charge on any atom is 0.244 e. The van der Waals surface area contributed by atoms with E-state index in [1.54, 1.807) is 0 Å². The Bertz CT molecular complexity index is 715. The molecule has 0 aliphatic carbocycles. The standard InChI is InChI=1S/C16H20ClN3O2S/c17-14-10-12(11-18)3-4-16(14)23(21,22)20-8-5-13(6-9-20)15-2-1-7-19-15/h3-4,10,13,15,19H,1-2,5-9H2. The minimum Gasteiger partial charge on any atom is -0.314 e. The number of nitrogens with one attached hydrogen (secondary N) is 1. The highest BCUT2D eigenvalue weighted by molar-refractivity contribution is 7.89. The van der Waals surface area contributed by atoms with Crippen molar-refractivity contribution in [2.75, 3.05) is 19.6 Å². The molecule has 3 rings (SSSR count). The Morgan fingerprint density at radius 1 is 1.26 bits per heavy atom. The minimum atomic E-state index is -3.59. The van der Waals surface area contributed by atoms with Gasteiger partial charge in [-0.3, -0.25) is 0 Å². The molecule has 5 nitrogen and oxygen atoms in total. The molecule has 124 valence electrons. The van der Waals surface area contributed by atoms with Crippen molar-refractivity contribution >= 4 is 21.6 Å². The van der Waals surface area contributed by atoms with Gasteiger partial charge in [0.15, 0.2) is 0 Å². The largest absolute Gasteiger partial charge is 0.314 e. The van der Waals surface area contributed by atoms with Gasteiger partial charge < -0.3 is 5.32 Å². The van der Waals surface area contributed by atoms with Crippen molar-refractivity contribution in [3.05, 3.63) is 28.8 Å². The van der Waals surface area contributed by atoms with Crippen molar-refractivity contribution in [2.45, 2.75) is 36.6 Å².